The summed E-state index contributed by atoms with van der Waals surface area (Å²) in [6, 6.07) is 11.8. The lowest BCUT2D eigenvalue weighted by Gasteiger charge is -2.06. The molecule has 2 N–H and O–H groups in total. The third-order valence-corrected chi connectivity index (χ3v) is 2.98. The molecule has 3 rings (SSSR count). The number of aromatic nitrogens is 2. The molecule has 0 aliphatic heterocycles. The minimum Gasteiger partial charge on any atom is -0.346 e. The number of hydrogen-bond acceptors (Lipinski definition) is 2. The van der Waals surface area contributed by atoms with Gasteiger partial charge in [-0.3, -0.25) is 4.79 Å². The topological polar surface area (TPSA) is 57.8 Å². The molecule has 0 bridgehead atoms. The van der Waals surface area contributed by atoms with Crippen molar-refractivity contribution in [3.8, 4) is 11.1 Å². The Hall–Kier alpha value is -2.62. The number of nitrogens with zero attached hydrogens (tertiary/aromatic N) is 1. The first kappa shape index (κ1) is 11.5. The number of hydrogen-bond donors (Lipinski definition) is 2. The van der Waals surface area contributed by atoms with Crippen molar-refractivity contribution < 1.29 is 4.79 Å². The van der Waals surface area contributed by atoms with E-state index < -0.39 is 0 Å². The van der Waals surface area contributed by atoms with E-state index in [1.54, 1.807) is 6.20 Å². The summed E-state index contributed by atoms with van der Waals surface area (Å²) in [5.74, 6) is -0.0651. The molecule has 0 spiro atoms. The minimum atomic E-state index is -0.0651. The molecule has 0 unspecified atom stereocenters. The van der Waals surface area contributed by atoms with Crippen molar-refractivity contribution >= 4 is 22.6 Å². The molecule has 0 saturated heterocycles. The zero-order chi connectivity index (χ0) is 13.2. The van der Waals surface area contributed by atoms with Crippen molar-refractivity contribution in [1.82, 2.24) is 9.97 Å². The summed E-state index contributed by atoms with van der Waals surface area (Å²) >= 11 is 0. The number of pyridine rings is 1. The van der Waals surface area contributed by atoms with Gasteiger partial charge in [0.1, 0.15) is 5.65 Å². The fourth-order valence-corrected chi connectivity index (χ4v) is 2.15. The van der Waals surface area contributed by atoms with Crippen LogP contribution in [0.4, 0.5) is 5.69 Å². The SMILES string of the molecule is CC(=O)Nc1ccc(-c2ccnc3[nH]ccc23)cc1. The quantitative estimate of drug-likeness (QED) is 0.734. The fourth-order valence-electron chi connectivity index (χ4n) is 2.15. The standard InChI is InChI=1S/C15H13N3O/c1-10(19)18-12-4-2-11(3-5-12)13-6-8-16-15-14(13)7-9-17-15/h2-9H,1H3,(H,16,17)(H,18,19). The van der Waals surface area contributed by atoms with E-state index in [1.807, 2.05) is 42.6 Å². The maximum atomic E-state index is 11.0. The van der Waals surface area contributed by atoms with Gasteiger partial charge in [-0.25, -0.2) is 4.98 Å². The van der Waals surface area contributed by atoms with E-state index in [2.05, 4.69) is 15.3 Å². The van der Waals surface area contributed by atoms with Gasteiger partial charge in [-0.2, -0.15) is 0 Å². The number of benzene rings is 1. The second-order valence-corrected chi connectivity index (χ2v) is 4.36. The molecule has 1 amide bonds. The van der Waals surface area contributed by atoms with Gasteiger partial charge < -0.3 is 10.3 Å². The first-order chi connectivity index (χ1) is 9.24. The van der Waals surface area contributed by atoms with E-state index in [9.17, 15) is 4.79 Å². The van der Waals surface area contributed by atoms with Crippen LogP contribution in [0.5, 0.6) is 0 Å². The largest absolute Gasteiger partial charge is 0.346 e. The molecule has 19 heavy (non-hydrogen) atoms. The van der Waals surface area contributed by atoms with Crippen LogP contribution in [0.2, 0.25) is 0 Å². The lowest BCUT2D eigenvalue weighted by Crippen LogP contribution is -2.05. The van der Waals surface area contributed by atoms with Crippen LogP contribution in [0.3, 0.4) is 0 Å². The molecule has 0 saturated carbocycles. The normalized spacial score (nSPS) is 10.6. The zero-order valence-electron chi connectivity index (χ0n) is 10.5. The number of carbonyl (C=O) groups excluding carboxylic acids is 1. The molecule has 0 atom stereocenters. The number of nitrogens with one attached hydrogen (secondary N) is 2. The molecule has 1 aromatic carbocycles. The summed E-state index contributed by atoms with van der Waals surface area (Å²) in [5, 5.41) is 3.85. The van der Waals surface area contributed by atoms with Crippen molar-refractivity contribution in [3.05, 3.63) is 48.8 Å². The average molecular weight is 251 g/mol. The molecule has 94 valence electrons. The van der Waals surface area contributed by atoms with E-state index in [1.165, 1.54) is 6.92 Å². The Morgan fingerprint density at radius 2 is 1.95 bits per heavy atom. The van der Waals surface area contributed by atoms with Gasteiger partial charge in [0.05, 0.1) is 0 Å². The highest BCUT2D eigenvalue weighted by molar-refractivity contribution is 5.93. The van der Waals surface area contributed by atoms with E-state index in [4.69, 9.17) is 0 Å². The Bertz CT molecular complexity index is 728. The number of H-pyrrole nitrogens is 1. The number of rotatable bonds is 2. The maximum Gasteiger partial charge on any atom is 0.221 e. The van der Waals surface area contributed by atoms with Gasteiger partial charge in [-0.05, 0) is 35.4 Å². The first-order valence-electron chi connectivity index (χ1n) is 6.04. The van der Waals surface area contributed by atoms with Crippen LogP contribution >= 0.6 is 0 Å². The van der Waals surface area contributed by atoms with Gasteiger partial charge in [-0.1, -0.05) is 12.1 Å². The van der Waals surface area contributed by atoms with Crippen LogP contribution in [0, 0.1) is 0 Å². The van der Waals surface area contributed by atoms with Crippen LogP contribution in [-0.2, 0) is 4.79 Å². The van der Waals surface area contributed by atoms with Crippen molar-refractivity contribution in [3.63, 3.8) is 0 Å². The van der Waals surface area contributed by atoms with Crippen LogP contribution in [0.15, 0.2) is 48.8 Å². The molecule has 0 aliphatic carbocycles. The molecule has 2 aromatic heterocycles. The van der Waals surface area contributed by atoms with Crippen LogP contribution < -0.4 is 5.32 Å². The monoisotopic (exact) mass is 251 g/mol. The Balaban J connectivity index is 2.02. The third-order valence-electron chi connectivity index (χ3n) is 2.98. The van der Waals surface area contributed by atoms with Crippen molar-refractivity contribution in [2.75, 3.05) is 5.32 Å². The summed E-state index contributed by atoms with van der Waals surface area (Å²) in [5.41, 5.74) is 3.90. The second kappa shape index (κ2) is 4.57. The molecule has 4 heteroatoms. The highest BCUT2D eigenvalue weighted by Gasteiger charge is 2.05. The van der Waals surface area contributed by atoms with Gasteiger partial charge in [0.25, 0.3) is 0 Å². The number of fused-ring (bicyclic) bond motifs is 1. The predicted molar refractivity (Wildman–Crippen MR) is 75.8 cm³/mol. The summed E-state index contributed by atoms with van der Waals surface area (Å²) in [6.07, 6.45) is 3.67. The molecule has 0 fully saturated rings. The van der Waals surface area contributed by atoms with E-state index >= 15 is 0 Å². The summed E-state index contributed by atoms with van der Waals surface area (Å²) < 4.78 is 0. The Kier molecular flexibility index (Phi) is 2.76. The number of aromatic amines is 1. The summed E-state index contributed by atoms with van der Waals surface area (Å²) in [7, 11) is 0. The Labute approximate surface area is 110 Å². The lowest BCUT2D eigenvalue weighted by molar-refractivity contribution is -0.114. The van der Waals surface area contributed by atoms with Gasteiger partial charge >= 0.3 is 0 Å². The second-order valence-electron chi connectivity index (χ2n) is 4.36. The van der Waals surface area contributed by atoms with Gasteiger partial charge in [0.2, 0.25) is 5.91 Å². The molecular formula is C15H13N3O. The van der Waals surface area contributed by atoms with E-state index in [-0.39, 0.29) is 5.91 Å². The smallest absolute Gasteiger partial charge is 0.221 e. The number of amides is 1. The van der Waals surface area contributed by atoms with Crippen molar-refractivity contribution in [1.29, 1.82) is 0 Å². The van der Waals surface area contributed by atoms with E-state index in [0.29, 0.717) is 0 Å². The Morgan fingerprint density at radius 3 is 2.68 bits per heavy atom. The number of anilines is 1. The molecule has 0 aliphatic rings. The highest BCUT2D eigenvalue weighted by atomic mass is 16.1. The number of carbonyl (C=O) groups is 1. The zero-order valence-corrected chi connectivity index (χ0v) is 10.5. The van der Waals surface area contributed by atoms with Gasteiger partial charge in [0.15, 0.2) is 0 Å². The minimum absolute atomic E-state index is 0.0651. The maximum absolute atomic E-state index is 11.0. The first-order valence-corrected chi connectivity index (χ1v) is 6.04. The fraction of sp³-hybridized carbons (Fsp3) is 0.0667. The highest BCUT2D eigenvalue weighted by Crippen LogP contribution is 2.27. The molecule has 2 heterocycles. The van der Waals surface area contributed by atoms with E-state index in [0.717, 1.165) is 27.8 Å². The molecular weight excluding hydrogens is 238 g/mol. The lowest BCUT2D eigenvalue weighted by atomic mass is 10.0. The Morgan fingerprint density at radius 1 is 1.16 bits per heavy atom. The van der Waals surface area contributed by atoms with Crippen LogP contribution in [-0.4, -0.2) is 15.9 Å². The van der Waals surface area contributed by atoms with Gasteiger partial charge in [0, 0.05) is 30.4 Å². The third kappa shape index (κ3) is 2.20. The van der Waals surface area contributed by atoms with Gasteiger partial charge in [-0.15, -0.1) is 0 Å². The van der Waals surface area contributed by atoms with Crippen LogP contribution in [0.25, 0.3) is 22.2 Å². The summed E-state index contributed by atoms with van der Waals surface area (Å²) in [6.45, 7) is 1.50. The van der Waals surface area contributed by atoms with Crippen LogP contribution in [0.1, 0.15) is 6.92 Å². The van der Waals surface area contributed by atoms with Crippen molar-refractivity contribution in [2.24, 2.45) is 0 Å². The molecule has 0 radical (unpaired) electrons. The average Bonchev–Trinajstić information content (AvgIpc) is 2.87. The molecule has 3 aromatic rings. The predicted octanol–water partition coefficient (Wildman–Crippen LogP) is 3.19. The van der Waals surface area contributed by atoms with Crippen molar-refractivity contribution in [2.45, 2.75) is 6.92 Å². The summed E-state index contributed by atoms with van der Waals surface area (Å²) in [4.78, 5) is 18.4. The molecule has 4 nitrogen and oxygen atoms in total.